The maximum Gasteiger partial charge on any atom is 0.252 e. The summed E-state index contributed by atoms with van der Waals surface area (Å²) in [5, 5.41) is 7.22. The summed E-state index contributed by atoms with van der Waals surface area (Å²) in [6.07, 6.45) is 3.42. The molecule has 0 aliphatic carbocycles. The van der Waals surface area contributed by atoms with Crippen LogP contribution in [-0.4, -0.2) is 41.6 Å². The zero-order chi connectivity index (χ0) is 20.4. The molecule has 0 saturated heterocycles. The number of hydrogen-bond acceptors (Lipinski definition) is 5. The molecule has 0 aliphatic heterocycles. The summed E-state index contributed by atoms with van der Waals surface area (Å²) in [6.45, 7) is 7.43. The molecule has 4 rings (SSSR count). The summed E-state index contributed by atoms with van der Waals surface area (Å²) in [5.74, 6) is 1.64. The number of carbonyl (C=O) groups is 1. The Morgan fingerprint density at radius 1 is 1.14 bits per heavy atom. The fourth-order valence-corrected chi connectivity index (χ4v) is 3.79. The van der Waals surface area contributed by atoms with Gasteiger partial charge in [0.25, 0.3) is 5.78 Å². The summed E-state index contributed by atoms with van der Waals surface area (Å²) < 4.78 is 3.92. The van der Waals surface area contributed by atoms with Crippen molar-refractivity contribution in [2.75, 3.05) is 6.54 Å². The highest BCUT2D eigenvalue weighted by Gasteiger charge is 2.12. The molecule has 0 fully saturated rings. The predicted molar refractivity (Wildman–Crippen MR) is 111 cm³/mol. The first-order valence-corrected chi connectivity index (χ1v) is 9.89. The lowest BCUT2D eigenvalue weighted by atomic mass is 10.1. The molecule has 0 unspecified atom stereocenters. The number of benzene rings is 1. The first-order chi connectivity index (χ1) is 14.0. The molecule has 4 aromatic rings. The molecule has 0 radical (unpaired) electrons. The van der Waals surface area contributed by atoms with E-state index in [4.69, 9.17) is 0 Å². The lowest BCUT2D eigenvalue weighted by Crippen LogP contribution is -2.26. The number of aromatic nitrogens is 6. The Morgan fingerprint density at radius 3 is 2.83 bits per heavy atom. The molecule has 0 bridgehead atoms. The molecule has 0 aliphatic rings. The van der Waals surface area contributed by atoms with E-state index in [2.05, 4.69) is 36.0 Å². The van der Waals surface area contributed by atoms with Crippen LogP contribution in [0, 0.1) is 20.8 Å². The highest BCUT2D eigenvalue weighted by atomic mass is 16.1. The van der Waals surface area contributed by atoms with Gasteiger partial charge in [-0.3, -0.25) is 4.79 Å². The van der Waals surface area contributed by atoms with Crippen LogP contribution >= 0.6 is 0 Å². The fourth-order valence-electron chi connectivity index (χ4n) is 3.79. The lowest BCUT2D eigenvalue weighted by molar-refractivity contribution is -0.121. The van der Waals surface area contributed by atoms with Crippen molar-refractivity contribution in [3.05, 3.63) is 53.4 Å². The van der Waals surface area contributed by atoms with Crippen LogP contribution in [0.4, 0.5) is 0 Å². The van der Waals surface area contributed by atoms with Crippen LogP contribution in [0.2, 0.25) is 0 Å². The lowest BCUT2D eigenvalue weighted by Gasteiger charge is -2.11. The van der Waals surface area contributed by atoms with Gasteiger partial charge in [-0.05, 0) is 51.3 Å². The van der Waals surface area contributed by atoms with Crippen LogP contribution in [0.15, 0.2) is 30.6 Å². The average Bonchev–Trinajstić information content (AvgIpc) is 3.29. The highest BCUT2D eigenvalue weighted by molar-refractivity contribution is 5.76. The average molecular weight is 391 g/mol. The Morgan fingerprint density at radius 2 is 1.97 bits per heavy atom. The van der Waals surface area contributed by atoms with Crippen molar-refractivity contribution in [2.24, 2.45) is 0 Å². The third-order valence-electron chi connectivity index (χ3n) is 5.32. The molecule has 3 heterocycles. The second-order valence-corrected chi connectivity index (χ2v) is 7.24. The maximum atomic E-state index is 12.3. The van der Waals surface area contributed by atoms with E-state index in [-0.39, 0.29) is 5.91 Å². The molecule has 3 aromatic heterocycles. The van der Waals surface area contributed by atoms with E-state index >= 15 is 0 Å². The fraction of sp³-hybridized carbons (Fsp3) is 0.381. The van der Waals surface area contributed by atoms with Gasteiger partial charge in [0.2, 0.25) is 5.91 Å². The van der Waals surface area contributed by atoms with Gasteiger partial charge >= 0.3 is 0 Å². The summed E-state index contributed by atoms with van der Waals surface area (Å²) in [7, 11) is 0. The summed E-state index contributed by atoms with van der Waals surface area (Å²) in [6, 6.07) is 8.13. The molecular formula is C21H25N7O. The van der Waals surface area contributed by atoms with E-state index in [1.807, 2.05) is 39.0 Å². The Bertz CT molecular complexity index is 1170. The first-order valence-electron chi connectivity index (χ1n) is 9.89. The molecule has 0 spiro atoms. The van der Waals surface area contributed by atoms with Crippen molar-refractivity contribution in [3.63, 3.8) is 0 Å². The Balaban J connectivity index is 1.29. The van der Waals surface area contributed by atoms with E-state index in [1.165, 1.54) is 6.33 Å². The van der Waals surface area contributed by atoms with Crippen molar-refractivity contribution in [1.82, 2.24) is 34.4 Å². The minimum atomic E-state index is 0.0506. The minimum absolute atomic E-state index is 0.0506. The standard InChI is InChI=1S/C21H25N7O/c1-14-17(15(2)28-21(25-14)23-13-24-28)9-10-20(29)22-11-6-12-27-16(3)26-18-7-4-5-8-19(18)27/h4-5,7-8,13H,6,9-12H2,1-3H3,(H,22,29). The molecule has 29 heavy (non-hydrogen) atoms. The zero-order valence-electron chi connectivity index (χ0n) is 17.0. The molecule has 8 nitrogen and oxygen atoms in total. The van der Waals surface area contributed by atoms with Crippen LogP contribution < -0.4 is 5.32 Å². The Kier molecular flexibility index (Phi) is 5.24. The molecule has 8 heteroatoms. The van der Waals surface area contributed by atoms with Gasteiger partial charge in [-0.15, -0.1) is 0 Å². The number of para-hydroxylation sites is 2. The van der Waals surface area contributed by atoms with Gasteiger partial charge in [0.05, 0.1) is 11.0 Å². The number of fused-ring (bicyclic) bond motifs is 2. The highest BCUT2D eigenvalue weighted by Crippen LogP contribution is 2.16. The topological polar surface area (TPSA) is 90.0 Å². The van der Waals surface area contributed by atoms with E-state index in [0.29, 0.717) is 25.2 Å². The number of rotatable bonds is 7. The van der Waals surface area contributed by atoms with Gasteiger partial charge in [-0.1, -0.05) is 12.1 Å². The molecule has 1 amide bonds. The van der Waals surface area contributed by atoms with E-state index < -0.39 is 0 Å². The van der Waals surface area contributed by atoms with Crippen molar-refractivity contribution >= 4 is 22.7 Å². The van der Waals surface area contributed by atoms with E-state index in [1.54, 1.807) is 4.52 Å². The van der Waals surface area contributed by atoms with Crippen molar-refractivity contribution in [2.45, 2.75) is 46.6 Å². The molecule has 0 atom stereocenters. The quantitative estimate of drug-likeness (QED) is 0.489. The number of hydrogen-bond donors (Lipinski definition) is 1. The first kappa shape index (κ1) is 19.0. The number of aryl methyl sites for hydroxylation is 4. The monoisotopic (exact) mass is 391 g/mol. The second kappa shape index (κ2) is 7.98. The number of carbonyl (C=O) groups excluding carboxylic acids is 1. The Hall–Kier alpha value is -3.29. The molecule has 1 aromatic carbocycles. The third kappa shape index (κ3) is 3.83. The van der Waals surface area contributed by atoms with Crippen molar-refractivity contribution < 1.29 is 4.79 Å². The third-order valence-corrected chi connectivity index (χ3v) is 5.32. The van der Waals surface area contributed by atoms with Crippen LogP contribution in [0.3, 0.4) is 0 Å². The summed E-state index contributed by atoms with van der Waals surface area (Å²) in [5.41, 5.74) is 5.09. The number of nitrogens with zero attached hydrogens (tertiary/aromatic N) is 6. The van der Waals surface area contributed by atoms with Crippen molar-refractivity contribution in [1.29, 1.82) is 0 Å². The van der Waals surface area contributed by atoms with Gasteiger partial charge < -0.3 is 9.88 Å². The summed E-state index contributed by atoms with van der Waals surface area (Å²) in [4.78, 5) is 25.5. The van der Waals surface area contributed by atoms with Gasteiger partial charge in [-0.25, -0.2) is 14.5 Å². The van der Waals surface area contributed by atoms with E-state index in [9.17, 15) is 4.79 Å². The number of imidazole rings is 1. The SMILES string of the molecule is Cc1nc2ncnn2c(C)c1CCC(=O)NCCCn1c(C)nc2ccccc21. The smallest absolute Gasteiger partial charge is 0.252 e. The van der Waals surface area contributed by atoms with Gasteiger partial charge in [0.1, 0.15) is 12.2 Å². The molecule has 150 valence electrons. The minimum Gasteiger partial charge on any atom is -0.356 e. The number of nitrogens with one attached hydrogen (secondary N) is 1. The zero-order valence-corrected chi connectivity index (χ0v) is 17.0. The largest absolute Gasteiger partial charge is 0.356 e. The van der Waals surface area contributed by atoms with Crippen LogP contribution in [0.1, 0.15) is 35.6 Å². The van der Waals surface area contributed by atoms with Gasteiger partial charge in [0, 0.05) is 30.9 Å². The normalized spacial score (nSPS) is 11.4. The van der Waals surface area contributed by atoms with Crippen LogP contribution in [0.5, 0.6) is 0 Å². The van der Waals surface area contributed by atoms with Gasteiger partial charge in [0.15, 0.2) is 0 Å². The van der Waals surface area contributed by atoms with Gasteiger partial charge in [-0.2, -0.15) is 10.1 Å². The second-order valence-electron chi connectivity index (χ2n) is 7.24. The molecule has 1 N–H and O–H groups in total. The summed E-state index contributed by atoms with van der Waals surface area (Å²) >= 11 is 0. The molecular weight excluding hydrogens is 366 g/mol. The predicted octanol–water partition coefficient (Wildman–Crippen LogP) is 2.54. The van der Waals surface area contributed by atoms with Crippen LogP contribution in [0.25, 0.3) is 16.8 Å². The van der Waals surface area contributed by atoms with E-state index in [0.717, 1.165) is 46.8 Å². The molecule has 0 saturated carbocycles. The maximum absolute atomic E-state index is 12.3. The number of amides is 1. The Labute approximate surface area is 169 Å². The van der Waals surface area contributed by atoms with Crippen molar-refractivity contribution in [3.8, 4) is 0 Å². The van der Waals surface area contributed by atoms with Crippen LogP contribution in [-0.2, 0) is 17.8 Å².